The van der Waals surface area contributed by atoms with Crippen molar-refractivity contribution >= 4 is 0 Å². The average molecular weight is 305 g/mol. The Hall–Kier alpha value is -0.300. The maximum Gasteiger partial charge on any atom is 0.0540 e. The molecule has 22 heavy (non-hydrogen) atoms. The van der Waals surface area contributed by atoms with Gasteiger partial charge in [0.15, 0.2) is 0 Å². The highest BCUT2D eigenvalue weighted by atomic mass is 16.3. The maximum atomic E-state index is 9.69. The van der Waals surface area contributed by atoms with E-state index in [9.17, 15) is 5.11 Å². The fraction of sp³-hybridized carbons (Fsp3) is 0.905. The standard InChI is InChI=1S/C21H36O/c1-2-3-16-4-6-17(7-5-16)18-8-10-19(11-9-18)20-12-14-21(22)15-13-20/h2,16-22H,1,3-15H2/t16-,17-,18-,19-,20-,21-. The molecule has 0 saturated heterocycles. The Morgan fingerprint density at radius 2 is 1.00 bits per heavy atom. The number of allylic oxidation sites excluding steroid dienone is 1. The van der Waals surface area contributed by atoms with E-state index in [-0.39, 0.29) is 6.10 Å². The van der Waals surface area contributed by atoms with Crippen molar-refractivity contribution in [1.29, 1.82) is 0 Å². The summed E-state index contributed by atoms with van der Waals surface area (Å²) in [6, 6.07) is 0. The van der Waals surface area contributed by atoms with Crippen LogP contribution >= 0.6 is 0 Å². The minimum absolute atomic E-state index is 0.0124. The molecular weight excluding hydrogens is 268 g/mol. The summed E-state index contributed by atoms with van der Waals surface area (Å²) in [6.45, 7) is 3.91. The zero-order valence-corrected chi connectivity index (χ0v) is 14.4. The van der Waals surface area contributed by atoms with Gasteiger partial charge in [0.2, 0.25) is 0 Å². The van der Waals surface area contributed by atoms with Crippen LogP contribution in [-0.2, 0) is 0 Å². The molecule has 0 aliphatic heterocycles. The highest BCUT2D eigenvalue weighted by Crippen LogP contribution is 2.45. The molecule has 3 rings (SSSR count). The molecule has 1 heteroatoms. The van der Waals surface area contributed by atoms with Gasteiger partial charge in [0.05, 0.1) is 6.10 Å². The first-order chi connectivity index (χ1) is 10.8. The van der Waals surface area contributed by atoms with Gasteiger partial charge < -0.3 is 5.11 Å². The molecule has 0 amide bonds. The Morgan fingerprint density at radius 1 is 0.636 bits per heavy atom. The summed E-state index contributed by atoms with van der Waals surface area (Å²) in [6.07, 6.45) is 20.0. The number of hydrogen-bond donors (Lipinski definition) is 1. The fourth-order valence-corrected chi connectivity index (χ4v) is 5.79. The van der Waals surface area contributed by atoms with Crippen LogP contribution < -0.4 is 0 Å². The van der Waals surface area contributed by atoms with Gasteiger partial charge in [-0.25, -0.2) is 0 Å². The predicted octanol–water partition coefficient (Wildman–Crippen LogP) is 5.73. The Bertz CT molecular complexity index is 326. The van der Waals surface area contributed by atoms with Crippen LogP contribution in [0.3, 0.4) is 0 Å². The molecule has 1 N–H and O–H groups in total. The first-order valence-corrected chi connectivity index (χ1v) is 10.0. The lowest BCUT2D eigenvalue weighted by Crippen LogP contribution is -2.30. The summed E-state index contributed by atoms with van der Waals surface area (Å²) >= 11 is 0. The van der Waals surface area contributed by atoms with E-state index in [4.69, 9.17) is 0 Å². The lowest BCUT2D eigenvalue weighted by molar-refractivity contribution is 0.0669. The van der Waals surface area contributed by atoms with E-state index in [2.05, 4.69) is 12.7 Å². The molecule has 3 saturated carbocycles. The molecule has 0 radical (unpaired) electrons. The lowest BCUT2D eigenvalue weighted by atomic mass is 9.65. The van der Waals surface area contributed by atoms with Crippen molar-refractivity contribution in [3.63, 3.8) is 0 Å². The van der Waals surface area contributed by atoms with E-state index in [0.29, 0.717) is 0 Å². The first-order valence-electron chi connectivity index (χ1n) is 10.0. The molecule has 0 atom stereocenters. The monoisotopic (exact) mass is 304 g/mol. The number of rotatable bonds is 4. The second-order valence-corrected chi connectivity index (χ2v) is 8.55. The van der Waals surface area contributed by atoms with Crippen molar-refractivity contribution in [2.75, 3.05) is 0 Å². The van der Waals surface area contributed by atoms with Crippen LogP contribution in [0.25, 0.3) is 0 Å². The van der Waals surface area contributed by atoms with Gasteiger partial charge in [0.1, 0.15) is 0 Å². The summed E-state index contributed by atoms with van der Waals surface area (Å²) < 4.78 is 0. The molecule has 0 aromatic carbocycles. The molecule has 3 fully saturated rings. The summed E-state index contributed by atoms with van der Waals surface area (Å²) in [7, 11) is 0. The van der Waals surface area contributed by atoms with Crippen LogP contribution in [0.5, 0.6) is 0 Å². The van der Waals surface area contributed by atoms with Gasteiger partial charge in [0, 0.05) is 0 Å². The van der Waals surface area contributed by atoms with Crippen LogP contribution in [0.15, 0.2) is 12.7 Å². The topological polar surface area (TPSA) is 20.2 Å². The van der Waals surface area contributed by atoms with E-state index in [0.717, 1.165) is 42.4 Å². The largest absolute Gasteiger partial charge is 0.393 e. The van der Waals surface area contributed by atoms with Crippen molar-refractivity contribution in [3.8, 4) is 0 Å². The zero-order valence-electron chi connectivity index (χ0n) is 14.4. The Labute approximate surface area is 137 Å². The van der Waals surface area contributed by atoms with Gasteiger partial charge in [-0.1, -0.05) is 6.08 Å². The molecule has 3 aliphatic rings. The smallest absolute Gasteiger partial charge is 0.0540 e. The third-order valence-electron chi connectivity index (χ3n) is 7.28. The third kappa shape index (κ3) is 4.16. The van der Waals surface area contributed by atoms with Crippen molar-refractivity contribution in [2.45, 2.75) is 89.6 Å². The molecular formula is C21H36O. The fourth-order valence-electron chi connectivity index (χ4n) is 5.79. The second-order valence-electron chi connectivity index (χ2n) is 8.55. The van der Waals surface area contributed by atoms with Crippen molar-refractivity contribution in [3.05, 3.63) is 12.7 Å². The molecule has 1 nitrogen and oxygen atoms in total. The number of aliphatic hydroxyl groups is 1. The molecule has 126 valence electrons. The van der Waals surface area contributed by atoms with Gasteiger partial charge >= 0.3 is 0 Å². The molecule has 0 aromatic rings. The van der Waals surface area contributed by atoms with Crippen LogP contribution in [0, 0.1) is 29.6 Å². The summed E-state index contributed by atoms with van der Waals surface area (Å²) in [5, 5.41) is 9.69. The lowest BCUT2D eigenvalue weighted by Gasteiger charge is -2.41. The molecule has 0 spiro atoms. The van der Waals surface area contributed by atoms with Crippen LogP contribution in [0.2, 0.25) is 0 Å². The maximum absolute atomic E-state index is 9.69. The van der Waals surface area contributed by atoms with E-state index >= 15 is 0 Å². The Morgan fingerprint density at radius 3 is 1.41 bits per heavy atom. The second kappa shape index (κ2) is 7.99. The van der Waals surface area contributed by atoms with Crippen LogP contribution in [0.1, 0.15) is 83.5 Å². The van der Waals surface area contributed by atoms with E-state index in [1.807, 2.05) is 0 Å². The van der Waals surface area contributed by atoms with Crippen molar-refractivity contribution in [1.82, 2.24) is 0 Å². The van der Waals surface area contributed by atoms with Gasteiger partial charge in [0.25, 0.3) is 0 Å². The molecule has 0 unspecified atom stereocenters. The summed E-state index contributed by atoms with van der Waals surface area (Å²) in [4.78, 5) is 0. The van der Waals surface area contributed by atoms with E-state index < -0.39 is 0 Å². The molecule has 0 heterocycles. The minimum Gasteiger partial charge on any atom is -0.393 e. The number of hydrogen-bond acceptors (Lipinski definition) is 1. The highest BCUT2D eigenvalue weighted by molar-refractivity contribution is 4.86. The Kier molecular flexibility index (Phi) is 6.02. The van der Waals surface area contributed by atoms with Crippen molar-refractivity contribution in [2.24, 2.45) is 29.6 Å². The van der Waals surface area contributed by atoms with Crippen molar-refractivity contribution < 1.29 is 5.11 Å². The predicted molar refractivity (Wildman–Crippen MR) is 93.7 cm³/mol. The first kappa shape index (κ1) is 16.6. The quantitative estimate of drug-likeness (QED) is 0.658. The van der Waals surface area contributed by atoms with Gasteiger partial charge in [-0.05, 0) is 113 Å². The van der Waals surface area contributed by atoms with Gasteiger partial charge in [-0.15, -0.1) is 6.58 Å². The average Bonchev–Trinajstić information content (AvgIpc) is 2.57. The summed E-state index contributed by atoms with van der Waals surface area (Å²) in [5.41, 5.74) is 0. The van der Waals surface area contributed by atoms with E-state index in [1.54, 1.807) is 0 Å². The number of aliphatic hydroxyl groups excluding tert-OH is 1. The van der Waals surface area contributed by atoms with Crippen LogP contribution in [0.4, 0.5) is 0 Å². The normalized spacial score (nSPS) is 43.7. The van der Waals surface area contributed by atoms with Gasteiger partial charge in [-0.2, -0.15) is 0 Å². The molecule has 3 aliphatic carbocycles. The Balaban J connectivity index is 1.39. The zero-order chi connectivity index (χ0) is 15.4. The van der Waals surface area contributed by atoms with Crippen LogP contribution in [-0.4, -0.2) is 11.2 Å². The SMILES string of the molecule is C=CC[C@H]1CC[C@H]([C@H]2CC[C@H]([C@H]3CC[C@H](O)CC3)CC2)CC1. The highest BCUT2D eigenvalue weighted by Gasteiger charge is 2.34. The van der Waals surface area contributed by atoms with Gasteiger partial charge in [-0.3, -0.25) is 0 Å². The summed E-state index contributed by atoms with van der Waals surface area (Å²) in [5.74, 6) is 4.94. The molecule has 0 bridgehead atoms. The minimum atomic E-state index is 0.0124. The molecule has 0 aromatic heterocycles. The van der Waals surface area contributed by atoms with E-state index in [1.165, 1.54) is 70.6 Å². The third-order valence-corrected chi connectivity index (χ3v) is 7.28.